The van der Waals surface area contributed by atoms with Crippen LogP contribution in [0.4, 0.5) is 0 Å². The van der Waals surface area contributed by atoms with Crippen LogP contribution in [0.15, 0.2) is 30.3 Å². The topological polar surface area (TPSA) is 261 Å². The molecule has 2 fully saturated rings. The van der Waals surface area contributed by atoms with Crippen molar-refractivity contribution < 1.29 is 48.9 Å². The number of aliphatic carboxylic acids is 1. The molecule has 0 bridgehead atoms. The van der Waals surface area contributed by atoms with Crippen molar-refractivity contribution in [2.24, 2.45) is 11.7 Å². The summed E-state index contributed by atoms with van der Waals surface area (Å²) in [4.78, 5) is 95.3. The Morgan fingerprint density at radius 1 is 0.818 bits per heavy atom. The maximum absolute atomic E-state index is 13.7. The minimum atomic E-state index is -1.58. The summed E-state index contributed by atoms with van der Waals surface area (Å²) in [7, 11) is 0. The van der Waals surface area contributed by atoms with Crippen molar-refractivity contribution >= 4 is 53.2 Å². The number of carboxylic acids is 1. The molecule has 0 saturated carbocycles. The number of benzene rings is 1. The summed E-state index contributed by atoms with van der Waals surface area (Å²) >= 11 is 1.55. The van der Waals surface area contributed by atoms with Crippen LogP contribution in [0, 0.1) is 5.92 Å². The van der Waals surface area contributed by atoms with Gasteiger partial charge in [-0.1, -0.05) is 44.2 Å². The average Bonchev–Trinajstić information content (AvgIpc) is 3.85. The first-order chi connectivity index (χ1) is 26.1. The smallest absolute Gasteiger partial charge is 0.326 e. The van der Waals surface area contributed by atoms with E-state index in [1.165, 1.54) is 16.7 Å². The molecule has 17 nitrogen and oxygen atoms in total. The van der Waals surface area contributed by atoms with E-state index in [0.29, 0.717) is 43.5 Å². The number of likely N-dealkylation sites (tertiary alicyclic amines) is 2. The number of hydrogen-bond donors (Lipinski definition) is 8. The highest BCUT2D eigenvalue weighted by Gasteiger charge is 2.42. The maximum Gasteiger partial charge on any atom is 0.326 e. The number of nitrogens with zero attached hydrogens (tertiary/aromatic N) is 2. The summed E-state index contributed by atoms with van der Waals surface area (Å²) in [5.74, 6) is -4.84. The second-order valence-electron chi connectivity index (χ2n) is 14.5. The summed E-state index contributed by atoms with van der Waals surface area (Å²) in [6.07, 6.45) is 2.47. The number of nitrogens with two attached hydrogens (primary N) is 1. The lowest BCUT2D eigenvalue weighted by molar-refractivity contribution is -0.145. The highest BCUT2D eigenvalue weighted by molar-refractivity contribution is 7.98. The fraction of sp³-hybridized carbons (Fsp3) is 0.649. The van der Waals surface area contributed by atoms with Crippen molar-refractivity contribution in [2.75, 3.05) is 31.7 Å². The molecule has 2 aliphatic heterocycles. The van der Waals surface area contributed by atoms with Crippen LogP contribution >= 0.6 is 11.8 Å². The first-order valence-electron chi connectivity index (χ1n) is 18.7. The van der Waals surface area contributed by atoms with Crippen LogP contribution < -0.4 is 27.0 Å². The zero-order chi connectivity index (χ0) is 40.8. The van der Waals surface area contributed by atoms with Crippen LogP contribution in [-0.2, 0) is 40.0 Å². The van der Waals surface area contributed by atoms with Gasteiger partial charge in [0.1, 0.15) is 36.3 Å². The van der Waals surface area contributed by atoms with E-state index in [1.807, 2.05) is 6.26 Å². The van der Waals surface area contributed by atoms with Crippen LogP contribution in [0.3, 0.4) is 0 Å². The van der Waals surface area contributed by atoms with Gasteiger partial charge in [-0.25, -0.2) is 4.79 Å². The van der Waals surface area contributed by atoms with Gasteiger partial charge < -0.3 is 52.1 Å². The van der Waals surface area contributed by atoms with Crippen molar-refractivity contribution in [2.45, 2.75) is 114 Å². The van der Waals surface area contributed by atoms with Gasteiger partial charge in [0.05, 0.1) is 18.8 Å². The minimum Gasteiger partial charge on any atom is -0.480 e. The highest BCUT2D eigenvalue weighted by Crippen LogP contribution is 2.22. The molecule has 9 N–H and O–H groups in total. The van der Waals surface area contributed by atoms with Gasteiger partial charge in [0.25, 0.3) is 0 Å². The lowest BCUT2D eigenvalue weighted by atomic mass is 10.0. The van der Waals surface area contributed by atoms with Crippen molar-refractivity contribution in [1.82, 2.24) is 31.1 Å². The second kappa shape index (κ2) is 21.7. The molecule has 0 spiro atoms. The number of amides is 6. The molecule has 306 valence electrons. The van der Waals surface area contributed by atoms with Gasteiger partial charge in [-0.05, 0) is 68.9 Å². The quantitative estimate of drug-likeness (QED) is 0.0770. The SMILES string of the molecule is CSCC[C@H](N)C(=O)N1CCC[C@H]1C(=O)N[C@@H](CO)C(=O)N1CCC[C@H]1C(=O)N[C@H](C(=O)N[C@@H](Cc1ccccc1)C(=O)N[C@@H](CC(C)C)C(=O)O)[C@@H](C)O. The fourth-order valence-electron chi connectivity index (χ4n) is 6.78. The van der Waals surface area contributed by atoms with E-state index in [-0.39, 0.29) is 37.6 Å². The molecule has 8 atom stereocenters. The van der Waals surface area contributed by atoms with E-state index in [0.717, 1.165) is 0 Å². The Morgan fingerprint density at radius 2 is 1.38 bits per heavy atom. The molecule has 0 radical (unpaired) electrons. The van der Waals surface area contributed by atoms with Crippen LogP contribution in [0.2, 0.25) is 0 Å². The largest absolute Gasteiger partial charge is 0.480 e. The Balaban J connectivity index is 1.72. The van der Waals surface area contributed by atoms with Crippen molar-refractivity contribution in [1.29, 1.82) is 0 Å². The number of nitrogens with one attached hydrogen (secondary N) is 4. The van der Waals surface area contributed by atoms with Gasteiger partial charge in [-0.15, -0.1) is 0 Å². The number of thioether (sulfide) groups is 1. The zero-order valence-corrected chi connectivity index (χ0v) is 32.8. The first-order valence-corrected chi connectivity index (χ1v) is 20.1. The lowest BCUT2D eigenvalue weighted by Crippen LogP contribution is -2.61. The van der Waals surface area contributed by atoms with E-state index < -0.39 is 90.5 Å². The molecule has 2 saturated heterocycles. The predicted octanol–water partition coefficient (Wildman–Crippen LogP) is -1.27. The Bertz CT molecular complexity index is 1500. The molecule has 0 aromatic heterocycles. The summed E-state index contributed by atoms with van der Waals surface area (Å²) in [6.45, 7) is 4.52. The number of aliphatic hydroxyl groups is 2. The molecular formula is C37H57N7O10S. The normalized spacial score (nSPS) is 20.1. The molecule has 1 aromatic rings. The van der Waals surface area contributed by atoms with Crippen LogP contribution in [0.25, 0.3) is 0 Å². The number of hydrogen-bond acceptors (Lipinski definition) is 11. The van der Waals surface area contributed by atoms with E-state index in [1.54, 1.807) is 55.9 Å². The zero-order valence-electron chi connectivity index (χ0n) is 31.9. The fourth-order valence-corrected chi connectivity index (χ4v) is 7.27. The van der Waals surface area contributed by atoms with Gasteiger partial charge >= 0.3 is 5.97 Å². The molecule has 3 rings (SSSR count). The average molecular weight is 792 g/mol. The lowest BCUT2D eigenvalue weighted by Gasteiger charge is -2.31. The third-order valence-electron chi connectivity index (χ3n) is 9.72. The van der Waals surface area contributed by atoms with Gasteiger partial charge in [-0.3, -0.25) is 28.8 Å². The highest BCUT2D eigenvalue weighted by atomic mass is 32.2. The third kappa shape index (κ3) is 12.9. The number of rotatable bonds is 20. The molecule has 0 unspecified atom stereocenters. The van der Waals surface area contributed by atoms with Crippen molar-refractivity contribution in [3.05, 3.63) is 35.9 Å². The maximum atomic E-state index is 13.7. The Morgan fingerprint density at radius 3 is 1.91 bits per heavy atom. The van der Waals surface area contributed by atoms with E-state index in [9.17, 15) is 48.9 Å². The monoisotopic (exact) mass is 791 g/mol. The van der Waals surface area contributed by atoms with Gasteiger partial charge in [0, 0.05) is 19.5 Å². The molecule has 6 amide bonds. The minimum absolute atomic E-state index is 0.0241. The van der Waals surface area contributed by atoms with Crippen LogP contribution in [-0.4, -0.2) is 147 Å². The second-order valence-corrected chi connectivity index (χ2v) is 15.5. The van der Waals surface area contributed by atoms with Crippen molar-refractivity contribution in [3.63, 3.8) is 0 Å². The van der Waals surface area contributed by atoms with Gasteiger partial charge in [0.2, 0.25) is 35.4 Å². The van der Waals surface area contributed by atoms with Crippen LogP contribution in [0.5, 0.6) is 0 Å². The van der Waals surface area contributed by atoms with Crippen LogP contribution in [0.1, 0.15) is 64.9 Å². The Hall–Kier alpha value is -4.26. The Kier molecular flexibility index (Phi) is 17.8. The summed E-state index contributed by atoms with van der Waals surface area (Å²) in [5.41, 5.74) is 6.73. The summed E-state index contributed by atoms with van der Waals surface area (Å²) in [6, 6.07) is 0.402. The molecule has 0 aliphatic carbocycles. The third-order valence-corrected chi connectivity index (χ3v) is 10.4. The van der Waals surface area contributed by atoms with Gasteiger partial charge in [-0.2, -0.15) is 11.8 Å². The van der Waals surface area contributed by atoms with E-state index in [2.05, 4.69) is 21.3 Å². The standard InChI is InChI=1S/C37H57N7O10S/c1-21(2)18-26(37(53)54)40-31(47)25(19-23-10-6-5-7-11-23)39-34(50)30(22(3)46)42-33(49)29-13-9-16-44(29)36(52)27(20-45)41-32(48)28-12-8-15-43(28)35(51)24(38)14-17-55-4/h5-7,10-11,21-22,24-30,45-46H,8-9,12-20,38H2,1-4H3,(H,39,50)(H,40,47)(H,41,48)(H,42,49)(H,53,54)/t22-,24+,25+,26+,27+,28+,29+,30+/m1/s1. The number of aliphatic hydroxyl groups excluding tert-OH is 2. The molecule has 1 aromatic carbocycles. The van der Waals surface area contributed by atoms with Gasteiger partial charge in [0.15, 0.2) is 0 Å². The van der Waals surface area contributed by atoms with E-state index in [4.69, 9.17) is 5.73 Å². The summed E-state index contributed by atoms with van der Waals surface area (Å²) in [5, 5.41) is 40.6. The predicted molar refractivity (Wildman–Crippen MR) is 204 cm³/mol. The first kappa shape index (κ1) is 45.1. The Labute approximate surface area is 325 Å². The molecular weight excluding hydrogens is 735 g/mol. The molecule has 2 heterocycles. The summed E-state index contributed by atoms with van der Waals surface area (Å²) < 4.78 is 0. The molecule has 55 heavy (non-hydrogen) atoms. The van der Waals surface area contributed by atoms with Crippen molar-refractivity contribution in [3.8, 4) is 0 Å². The molecule has 2 aliphatic rings. The van der Waals surface area contributed by atoms with E-state index >= 15 is 0 Å². The molecule has 18 heteroatoms. The number of carboxylic acid groups (broad SMARTS) is 1. The number of carbonyl (C=O) groups is 7. The number of carbonyl (C=O) groups excluding carboxylic acids is 6.